The Balaban J connectivity index is 1.86. The predicted molar refractivity (Wildman–Crippen MR) is 225 cm³/mol. The zero-order valence-electron chi connectivity index (χ0n) is 35.4. The van der Waals surface area contributed by atoms with Crippen molar-refractivity contribution in [3.8, 4) is 11.1 Å². The summed E-state index contributed by atoms with van der Waals surface area (Å²) in [6.45, 7) is 18.4. The van der Waals surface area contributed by atoms with Crippen LogP contribution in [0.5, 0.6) is 0 Å². The Hall–Kier alpha value is -4.80. The third-order valence-electron chi connectivity index (χ3n) is 10.0. The number of hydrogen-bond acceptors (Lipinski definition) is 8. The van der Waals surface area contributed by atoms with Gasteiger partial charge in [0, 0.05) is 5.92 Å². The van der Waals surface area contributed by atoms with Crippen molar-refractivity contribution in [2.45, 2.75) is 105 Å². The number of alkyl carbamates (subject to hydrolysis) is 1. The van der Waals surface area contributed by atoms with E-state index in [0.29, 0.717) is 0 Å². The van der Waals surface area contributed by atoms with Crippen molar-refractivity contribution < 1.29 is 33.4 Å². The van der Waals surface area contributed by atoms with Crippen molar-refractivity contribution in [1.82, 2.24) is 10.7 Å². The van der Waals surface area contributed by atoms with Crippen LogP contribution in [0.3, 0.4) is 0 Å². The van der Waals surface area contributed by atoms with Crippen molar-refractivity contribution in [3.05, 3.63) is 102 Å². The van der Waals surface area contributed by atoms with Crippen molar-refractivity contribution in [3.63, 3.8) is 0 Å². The summed E-state index contributed by atoms with van der Waals surface area (Å²) in [6, 6.07) is 24.2. The van der Waals surface area contributed by atoms with Gasteiger partial charge in [-0.25, -0.2) is 10.6 Å². The number of allylic oxidation sites excluding steroid dienone is 1. The standard InChI is InChI=1S/C47H63N3O7/c1-30(2)26-37(42(52)50-48)40(43(53)57-46(8,9)10)47(27-31(3)4,25-24-32-18-12-11-13-19-32)41(51)39(29-56-45(5,6)7)49-44(54)55-28-38-35-22-16-14-20-33(35)34-21-15-17-23-36(34)38/h11-25,30-31,37-40H,26-29,48H2,1-10H3,(H,49,54)(H,50,52)/b25-24+/t37-,39-,40-,47?/m1/s1. The lowest BCUT2D eigenvalue weighted by Crippen LogP contribution is -2.58. The van der Waals surface area contributed by atoms with Crippen LogP contribution in [-0.4, -0.2) is 54.2 Å². The lowest BCUT2D eigenvalue weighted by molar-refractivity contribution is -0.172. The molecule has 0 radical (unpaired) electrons. The summed E-state index contributed by atoms with van der Waals surface area (Å²) in [7, 11) is 0. The Morgan fingerprint density at radius 3 is 1.84 bits per heavy atom. The van der Waals surface area contributed by atoms with E-state index in [2.05, 4.69) is 22.9 Å². The maximum atomic E-state index is 15.8. The highest BCUT2D eigenvalue weighted by atomic mass is 16.6. The van der Waals surface area contributed by atoms with Gasteiger partial charge in [0.2, 0.25) is 5.91 Å². The lowest BCUT2D eigenvalue weighted by Gasteiger charge is -2.43. The highest BCUT2D eigenvalue weighted by molar-refractivity contribution is 5.99. The fourth-order valence-electron chi connectivity index (χ4n) is 7.85. The van der Waals surface area contributed by atoms with Gasteiger partial charge in [0.05, 0.1) is 29.5 Å². The molecule has 3 aromatic carbocycles. The van der Waals surface area contributed by atoms with E-state index < -0.39 is 58.2 Å². The fraction of sp³-hybridized carbons (Fsp3) is 0.489. The molecule has 1 aliphatic carbocycles. The van der Waals surface area contributed by atoms with Crippen LogP contribution in [0.1, 0.15) is 105 Å². The topological polar surface area (TPSA) is 146 Å². The molecule has 10 heteroatoms. The smallest absolute Gasteiger partial charge is 0.407 e. The van der Waals surface area contributed by atoms with Crippen LogP contribution in [0, 0.1) is 29.1 Å². The summed E-state index contributed by atoms with van der Waals surface area (Å²) >= 11 is 0. The van der Waals surface area contributed by atoms with Crippen LogP contribution < -0.4 is 16.6 Å². The molecule has 0 heterocycles. The molecule has 1 unspecified atom stereocenters. The van der Waals surface area contributed by atoms with Crippen molar-refractivity contribution >= 4 is 29.8 Å². The van der Waals surface area contributed by atoms with Gasteiger partial charge in [-0.05, 0) is 94.0 Å². The number of hydrogen-bond donors (Lipinski definition) is 3. The van der Waals surface area contributed by atoms with Crippen LogP contribution in [-0.2, 0) is 28.6 Å². The maximum absolute atomic E-state index is 15.8. The number of esters is 1. The minimum absolute atomic E-state index is 0.0274. The molecule has 0 spiro atoms. The van der Waals surface area contributed by atoms with Crippen LogP contribution in [0.2, 0.25) is 0 Å². The highest BCUT2D eigenvalue weighted by Crippen LogP contribution is 2.47. The second kappa shape index (κ2) is 19.1. The first kappa shape index (κ1) is 44.9. The van der Waals surface area contributed by atoms with Crippen LogP contribution in [0.15, 0.2) is 84.9 Å². The number of nitrogens with one attached hydrogen (secondary N) is 2. The zero-order valence-corrected chi connectivity index (χ0v) is 35.4. The molecule has 0 saturated heterocycles. The number of hydrazine groups is 1. The number of ether oxygens (including phenoxy) is 3. The van der Waals surface area contributed by atoms with E-state index in [9.17, 15) is 14.4 Å². The van der Waals surface area contributed by atoms with Gasteiger partial charge in [-0.2, -0.15) is 0 Å². The summed E-state index contributed by atoms with van der Waals surface area (Å²) in [5.41, 5.74) is 3.95. The summed E-state index contributed by atoms with van der Waals surface area (Å²) in [6.07, 6.45) is 3.05. The van der Waals surface area contributed by atoms with E-state index in [1.54, 1.807) is 32.9 Å². The molecule has 2 amide bonds. The first-order valence-electron chi connectivity index (χ1n) is 20.0. The molecular weight excluding hydrogens is 719 g/mol. The van der Waals surface area contributed by atoms with E-state index >= 15 is 4.79 Å². The number of fused-ring (bicyclic) bond motifs is 3. The zero-order chi connectivity index (χ0) is 42.1. The average Bonchev–Trinajstić information content (AvgIpc) is 3.46. The third kappa shape index (κ3) is 11.9. The number of amides is 2. The van der Waals surface area contributed by atoms with Gasteiger partial charge in [-0.15, -0.1) is 0 Å². The average molecular weight is 782 g/mol. The molecule has 0 aromatic heterocycles. The van der Waals surface area contributed by atoms with E-state index in [4.69, 9.17) is 20.1 Å². The van der Waals surface area contributed by atoms with E-state index in [0.717, 1.165) is 27.8 Å². The summed E-state index contributed by atoms with van der Waals surface area (Å²) in [5.74, 6) is 1.11. The van der Waals surface area contributed by atoms with Gasteiger partial charge in [0.1, 0.15) is 18.2 Å². The maximum Gasteiger partial charge on any atom is 0.407 e. The molecule has 0 saturated carbocycles. The fourth-order valence-corrected chi connectivity index (χ4v) is 7.85. The first-order valence-corrected chi connectivity index (χ1v) is 20.0. The third-order valence-corrected chi connectivity index (χ3v) is 10.0. The molecule has 3 aromatic rings. The number of ketones is 1. The van der Waals surface area contributed by atoms with Crippen molar-refractivity contribution in [2.24, 2.45) is 34.9 Å². The van der Waals surface area contributed by atoms with Crippen molar-refractivity contribution in [2.75, 3.05) is 13.2 Å². The molecule has 0 aliphatic heterocycles. The Labute approximate surface area is 339 Å². The second-order valence-electron chi connectivity index (χ2n) is 17.9. The minimum atomic E-state index is -1.71. The van der Waals surface area contributed by atoms with Gasteiger partial charge in [-0.3, -0.25) is 19.8 Å². The molecule has 4 N–H and O–H groups in total. The van der Waals surface area contributed by atoms with Crippen LogP contribution in [0.4, 0.5) is 4.79 Å². The molecule has 10 nitrogen and oxygen atoms in total. The minimum Gasteiger partial charge on any atom is -0.460 e. The van der Waals surface area contributed by atoms with E-state index in [-0.39, 0.29) is 43.8 Å². The van der Waals surface area contributed by atoms with Gasteiger partial charge >= 0.3 is 12.1 Å². The summed E-state index contributed by atoms with van der Waals surface area (Å²) < 4.78 is 18.3. The number of benzene rings is 3. The van der Waals surface area contributed by atoms with Gasteiger partial charge < -0.3 is 19.5 Å². The largest absolute Gasteiger partial charge is 0.460 e. The van der Waals surface area contributed by atoms with Crippen LogP contribution >= 0.6 is 0 Å². The summed E-state index contributed by atoms with van der Waals surface area (Å²) in [4.78, 5) is 58.5. The number of carbonyl (C=O) groups is 4. The monoisotopic (exact) mass is 781 g/mol. The predicted octanol–water partition coefficient (Wildman–Crippen LogP) is 8.63. The number of nitrogens with two attached hydrogens (primary N) is 1. The Kier molecular flexibility index (Phi) is 15.0. The normalized spacial score (nSPS) is 15.7. The number of carbonyl (C=O) groups excluding carboxylic acids is 4. The molecule has 0 bridgehead atoms. The SMILES string of the molecule is CC(C)C[C@@H](C(=O)NN)[C@H](C(=O)OC(C)(C)C)C(/C=C/c1ccccc1)(CC(C)C)C(=O)[C@@H](COC(C)(C)C)NC(=O)OCC1c2ccccc2-c2ccccc21. The van der Waals surface area contributed by atoms with Gasteiger partial charge in [-0.1, -0.05) is 119 Å². The molecule has 308 valence electrons. The van der Waals surface area contributed by atoms with E-state index in [1.165, 1.54) is 0 Å². The molecular formula is C47H63N3O7. The molecule has 1 aliphatic rings. The van der Waals surface area contributed by atoms with Crippen LogP contribution in [0.25, 0.3) is 17.2 Å². The Bertz CT molecular complexity index is 1830. The number of Topliss-reactive ketones (excluding diaryl/α,β-unsaturated/α-hetero) is 1. The van der Waals surface area contributed by atoms with Crippen molar-refractivity contribution in [1.29, 1.82) is 0 Å². The molecule has 4 rings (SSSR count). The molecule has 4 atom stereocenters. The lowest BCUT2D eigenvalue weighted by atomic mass is 9.60. The Morgan fingerprint density at radius 1 is 0.772 bits per heavy atom. The van der Waals surface area contributed by atoms with Gasteiger partial charge in [0.25, 0.3) is 0 Å². The van der Waals surface area contributed by atoms with E-state index in [1.807, 2.05) is 115 Å². The molecule has 0 fully saturated rings. The second-order valence-corrected chi connectivity index (χ2v) is 17.9. The quantitative estimate of drug-likeness (QED) is 0.0534. The number of rotatable bonds is 17. The van der Waals surface area contributed by atoms with Gasteiger partial charge in [0.15, 0.2) is 5.78 Å². The Morgan fingerprint density at radius 2 is 1.33 bits per heavy atom. The first-order chi connectivity index (χ1) is 26.8. The summed E-state index contributed by atoms with van der Waals surface area (Å²) in [5, 5.41) is 2.86. The molecule has 57 heavy (non-hydrogen) atoms. The highest BCUT2D eigenvalue weighted by Gasteiger charge is 2.56.